The van der Waals surface area contributed by atoms with Crippen LogP contribution < -0.4 is 5.32 Å². The van der Waals surface area contributed by atoms with Gasteiger partial charge in [0.25, 0.3) is 5.91 Å². The van der Waals surface area contributed by atoms with Gasteiger partial charge in [0, 0.05) is 16.0 Å². The highest BCUT2D eigenvalue weighted by Crippen LogP contribution is 2.42. The van der Waals surface area contributed by atoms with Gasteiger partial charge in [-0.2, -0.15) is 4.98 Å². The summed E-state index contributed by atoms with van der Waals surface area (Å²) >= 11 is 1.63. The summed E-state index contributed by atoms with van der Waals surface area (Å²) in [7, 11) is 0. The molecule has 1 aliphatic carbocycles. The van der Waals surface area contributed by atoms with Crippen molar-refractivity contribution in [3.63, 3.8) is 0 Å². The minimum absolute atomic E-state index is 0.0369. The average molecular weight is 394 g/mol. The summed E-state index contributed by atoms with van der Waals surface area (Å²) in [5.41, 5.74) is 1.86. The molecule has 7 nitrogen and oxygen atoms in total. The van der Waals surface area contributed by atoms with Gasteiger partial charge >= 0.3 is 6.03 Å². The van der Waals surface area contributed by atoms with E-state index in [2.05, 4.69) is 15.5 Å². The third-order valence-electron chi connectivity index (χ3n) is 5.48. The zero-order chi connectivity index (χ0) is 19.3. The number of hydrogen-bond acceptors (Lipinski definition) is 6. The standard InChI is InChI=1S/C20H18N4O3S/c1-12-5-2-3-6-13(12)17-21-16(27-23-17)11-24-18(25)20(22-19(24)26)9-4-7-15-14(20)8-10-28-15/h2-3,5-6,8,10H,4,7,9,11H2,1H3,(H,22,26)/t20-/m1/s1. The monoisotopic (exact) mass is 394 g/mol. The molecule has 1 spiro atoms. The molecule has 8 heteroatoms. The van der Waals surface area contributed by atoms with Gasteiger partial charge in [-0.05, 0) is 43.2 Å². The molecule has 1 atom stereocenters. The molecule has 0 bridgehead atoms. The smallest absolute Gasteiger partial charge is 0.325 e. The van der Waals surface area contributed by atoms with Crippen molar-refractivity contribution in [2.75, 3.05) is 0 Å². The van der Waals surface area contributed by atoms with Crippen molar-refractivity contribution < 1.29 is 14.1 Å². The Morgan fingerprint density at radius 1 is 1.29 bits per heavy atom. The van der Waals surface area contributed by atoms with Crippen molar-refractivity contribution in [3.8, 4) is 11.4 Å². The van der Waals surface area contributed by atoms with Crippen molar-refractivity contribution in [2.45, 2.75) is 38.3 Å². The lowest BCUT2D eigenvalue weighted by atomic mass is 9.80. The first kappa shape index (κ1) is 17.1. The van der Waals surface area contributed by atoms with Crippen LogP contribution in [0.4, 0.5) is 4.79 Å². The minimum Gasteiger partial charge on any atom is -0.337 e. The maximum Gasteiger partial charge on any atom is 0.325 e. The van der Waals surface area contributed by atoms with Gasteiger partial charge in [-0.1, -0.05) is 29.4 Å². The van der Waals surface area contributed by atoms with Gasteiger partial charge in [0.15, 0.2) is 0 Å². The molecule has 1 fully saturated rings. The topological polar surface area (TPSA) is 88.3 Å². The van der Waals surface area contributed by atoms with E-state index >= 15 is 0 Å². The van der Waals surface area contributed by atoms with Gasteiger partial charge in [-0.3, -0.25) is 9.69 Å². The number of aryl methyl sites for hydroxylation is 2. The molecule has 0 radical (unpaired) electrons. The van der Waals surface area contributed by atoms with Crippen LogP contribution in [0.25, 0.3) is 11.4 Å². The number of thiophene rings is 1. The highest BCUT2D eigenvalue weighted by atomic mass is 32.1. The molecule has 28 heavy (non-hydrogen) atoms. The zero-order valence-electron chi connectivity index (χ0n) is 15.3. The third-order valence-corrected chi connectivity index (χ3v) is 6.46. The molecule has 142 valence electrons. The van der Waals surface area contributed by atoms with Crippen LogP contribution in [0, 0.1) is 6.92 Å². The van der Waals surface area contributed by atoms with E-state index in [4.69, 9.17) is 4.52 Å². The van der Waals surface area contributed by atoms with E-state index in [1.54, 1.807) is 11.3 Å². The Kier molecular flexibility index (Phi) is 3.83. The van der Waals surface area contributed by atoms with Crippen LogP contribution in [0.1, 0.15) is 34.7 Å². The van der Waals surface area contributed by atoms with Crippen LogP contribution in [-0.2, 0) is 23.3 Å². The Morgan fingerprint density at radius 2 is 2.14 bits per heavy atom. The first-order valence-corrected chi connectivity index (χ1v) is 10.1. The fourth-order valence-corrected chi connectivity index (χ4v) is 5.07. The highest BCUT2D eigenvalue weighted by molar-refractivity contribution is 7.10. The Balaban J connectivity index is 1.43. The Hall–Kier alpha value is -3.00. The van der Waals surface area contributed by atoms with Crippen molar-refractivity contribution in [2.24, 2.45) is 0 Å². The van der Waals surface area contributed by atoms with Gasteiger partial charge < -0.3 is 9.84 Å². The predicted octanol–water partition coefficient (Wildman–Crippen LogP) is 3.39. The second-order valence-electron chi connectivity index (χ2n) is 7.16. The average Bonchev–Trinajstić information content (AvgIpc) is 3.40. The van der Waals surface area contributed by atoms with E-state index in [1.807, 2.05) is 42.6 Å². The van der Waals surface area contributed by atoms with Gasteiger partial charge in [0.05, 0.1) is 0 Å². The minimum atomic E-state index is -0.955. The first-order valence-electron chi connectivity index (χ1n) is 9.18. The molecular weight excluding hydrogens is 376 g/mol. The number of rotatable bonds is 3. The summed E-state index contributed by atoms with van der Waals surface area (Å²) in [5, 5.41) is 8.93. The summed E-state index contributed by atoms with van der Waals surface area (Å²) in [5.74, 6) is 0.445. The fourth-order valence-electron chi connectivity index (χ4n) is 4.07. The lowest BCUT2D eigenvalue weighted by Crippen LogP contribution is -2.46. The number of urea groups is 1. The van der Waals surface area contributed by atoms with Crippen LogP contribution in [0.3, 0.4) is 0 Å². The number of fused-ring (bicyclic) bond motifs is 2. The van der Waals surface area contributed by atoms with Gasteiger partial charge in [-0.25, -0.2) is 4.79 Å². The number of nitrogens with zero attached hydrogens (tertiary/aromatic N) is 3. The van der Waals surface area contributed by atoms with Crippen molar-refractivity contribution in [1.29, 1.82) is 0 Å². The largest absolute Gasteiger partial charge is 0.337 e. The Morgan fingerprint density at radius 3 is 3.00 bits per heavy atom. The lowest BCUT2D eigenvalue weighted by Gasteiger charge is -2.31. The van der Waals surface area contributed by atoms with Gasteiger partial charge in [0.2, 0.25) is 11.7 Å². The van der Waals surface area contributed by atoms with Crippen LogP contribution in [0.15, 0.2) is 40.2 Å². The number of amides is 3. The van der Waals surface area contributed by atoms with E-state index in [-0.39, 0.29) is 18.3 Å². The van der Waals surface area contributed by atoms with E-state index in [0.717, 1.165) is 29.5 Å². The molecule has 1 aromatic carbocycles. The van der Waals surface area contributed by atoms with Gasteiger partial charge in [0.1, 0.15) is 12.1 Å². The van der Waals surface area contributed by atoms with Gasteiger partial charge in [-0.15, -0.1) is 11.3 Å². The zero-order valence-corrected chi connectivity index (χ0v) is 16.1. The first-order chi connectivity index (χ1) is 13.6. The summed E-state index contributed by atoms with van der Waals surface area (Å²) in [6, 6.07) is 9.25. The maximum absolute atomic E-state index is 13.2. The van der Waals surface area contributed by atoms with Crippen LogP contribution >= 0.6 is 11.3 Å². The fraction of sp³-hybridized carbons (Fsp3) is 0.300. The summed E-state index contributed by atoms with van der Waals surface area (Å²) in [4.78, 5) is 32.6. The molecule has 1 aliphatic heterocycles. The quantitative estimate of drug-likeness (QED) is 0.688. The van der Waals surface area contributed by atoms with Crippen molar-refractivity contribution in [3.05, 3.63) is 57.6 Å². The molecule has 2 aliphatic rings. The number of hydrogen-bond donors (Lipinski definition) is 1. The van der Waals surface area contributed by atoms with E-state index < -0.39 is 11.6 Å². The molecule has 0 unspecified atom stereocenters. The number of carbonyl (C=O) groups is 2. The van der Waals surface area contributed by atoms with E-state index in [1.165, 1.54) is 9.78 Å². The normalized spacial score (nSPS) is 21.2. The molecule has 1 N–H and O–H groups in total. The van der Waals surface area contributed by atoms with Crippen LogP contribution in [0.2, 0.25) is 0 Å². The number of carbonyl (C=O) groups excluding carboxylic acids is 2. The molecule has 1 saturated heterocycles. The number of imide groups is 1. The third kappa shape index (κ3) is 2.48. The predicted molar refractivity (Wildman–Crippen MR) is 102 cm³/mol. The molecule has 3 amide bonds. The SMILES string of the molecule is Cc1ccccc1-c1noc(CN2C(=O)N[C@@]3(CCCc4sccc43)C2=O)n1. The second-order valence-corrected chi connectivity index (χ2v) is 8.17. The number of aromatic nitrogens is 2. The van der Waals surface area contributed by atoms with E-state index in [0.29, 0.717) is 12.2 Å². The summed E-state index contributed by atoms with van der Waals surface area (Å²) in [6.07, 6.45) is 2.42. The molecule has 2 aromatic heterocycles. The highest BCUT2D eigenvalue weighted by Gasteiger charge is 2.54. The molecule has 3 aromatic rings. The lowest BCUT2D eigenvalue weighted by molar-refractivity contribution is -0.132. The second kappa shape index (κ2) is 6.27. The van der Waals surface area contributed by atoms with Crippen molar-refractivity contribution >= 4 is 23.3 Å². The molecule has 0 saturated carbocycles. The molecule has 3 heterocycles. The van der Waals surface area contributed by atoms with Crippen molar-refractivity contribution in [1.82, 2.24) is 20.4 Å². The molecular formula is C20H18N4O3S. The Labute approximate surface area is 165 Å². The summed E-state index contributed by atoms with van der Waals surface area (Å²) < 4.78 is 5.33. The summed E-state index contributed by atoms with van der Waals surface area (Å²) in [6.45, 7) is 1.93. The Bertz CT molecular complexity index is 1090. The van der Waals surface area contributed by atoms with Crippen LogP contribution in [-0.4, -0.2) is 27.0 Å². The van der Waals surface area contributed by atoms with Crippen LogP contribution in [0.5, 0.6) is 0 Å². The maximum atomic E-state index is 13.2. The molecule has 5 rings (SSSR count). The van der Waals surface area contributed by atoms with E-state index in [9.17, 15) is 9.59 Å². The number of benzene rings is 1. The number of nitrogens with one attached hydrogen (secondary N) is 1.